The van der Waals surface area contributed by atoms with E-state index in [0.717, 1.165) is 190 Å². The second kappa shape index (κ2) is 43.0. The van der Waals surface area contributed by atoms with Gasteiger partial charge in [-0.25, -0.2) is 58.6 Å². The Morgan fingerprint density at radius 3 is 0.956 bits per heavy atom. The summed E-state index contributed by atoms with van der Waals surface area (Å²) in [6, 6.07) is 1.81. The molecule has 726 valence electrons. The number of piperidine rings is 5. The maximum Gasteiger partial charge on any atom is 0.256 e. The molecule has 5 saturated carbocycles. The van der Waals surface area contributed by atoms with Crippen molar-refractivity contribution in [1.29, 1.82) is 0 Å². The Bertz CT molecular complexity index is 5610. The molecule has 15 heterocycles. The van der Waals surface area contributed by atoms with Crippen LogP contribution in [0.2, 0.25) is 0 Å². The molecule has 5 aliphatic heterocycles. The number of alkyl halides is 2. The number of nitrogens with zero attached hydrogens (tertiary/aromatic N) is 16. The number of carbonyl (C=O) groups excluding carboxylic acids is 5. The van der Waals surface area contributed by atoms with E-state index in [1.54, 1.807) is 63.8 Å². The summed E-state index contributed by atoms with van der Waals surface area (Å²) in [5, 5.41) is 22.7. The van der Waals surface area contributed by atoms with Crippen molar-refractivity contribution in [1.82, 2.24) is 104 Å². The number of hydrogen-bond donors (Lipinski definition) is 10. The number of fused-ring (bicyclic) bond motifs is 5. The minimum absolute atomic E-state index is 0.00402. The third-order valence-corrected chi connectivity index (χ3v) is 29.0. The summed E-state index contributed by atoms with van der Waals surface area (Å²) in [5.74, 6) is 4.51. The fourth-order valence-corrected chi connectivity index (χ4v) is 20.7. The van der Waals surface area contributed by atoms with Crippen molar-refractivity contribution in [2.45, 2.75) is 234 Å². The van der Waals surface area contributed by atoms with Crippen LogP contribution in [0, 0.1) is 23.7 Å². The molecule has 36 heteroatoms. The number of aromatic nitrogens is 15. The van der Waals surface area contributed by atoms with E-state index in [1.165, 1.54) is 65.7 Å². The largest absolute Gasteiger partial charge is 0.384 e. The van der Waals surface area contributed by atoms with Gasteiger partial charge in [-0.15, -0.1) is 0 Å². The molecular weight excluding hydrogens is 1730 g/mol. The standard InChI is InChI=1S/C22H32N6O.3C20H27N5O2.C18H21F2N5O/c1-15-6-9-18(13-28(15)19(29)5-4-10-27(2)3)26-22-20-17(11-16-7-8-16)12-23-21(20)24-14-25-22;3*1-4-17(26)25-9-14(6-5-12(25)2)24-20-18-16(15-7-13(15)10-27-3)8-21-19(18)22-11-23-20;1-3-14(26)25-8-11(5-4-10(25)2)24-17-15-12(13-6-18(13,19)20)7-21-16(15)22-9-23-17/h4-5,12,14-16,18H,6-11,13H2,1-3H3,(H2,23,24,25,26);3*4,8,11-15H,1,5-7,9-10H2,2-3H3,(H2,21,22,23,24);3,7,9-11,13H,1,4-6,8H2,2H3,(H2,21,22,23,24)/b5-4+;;;;/t15-,18+;12-,13?,14+,15?;12-,13+,14+,15-;12-,13-,14+,15+;10-,11+,13?/m00000/s1. The highest BCUT2D eigenvalue weighted by atomic mass is 19.3. The number of halogens is 2. The second-order valence-electron chi connectivity index (χ2n) is 39.1. The lowest BCUT2D eigenvalue weighted by atomic mass is 9.99. The number of H-pyrrole nitrogens is 5. The summed E-state index contributed by atoms with van der Waals surface area (Å²) >= 11 is 0. The molecule has 0 bridgehead atoms. The van der Waals surface area contributed by atoms with Crippen LogP contribution >= 0.6 is 0 Å². The molecule has 10 aliphatic rings. The summed E-state index contributed by atoms with van der Waals surface area (Å²) in [6.45, 7) is 31.2. The lowest BCUT2D eigenvalue weighted by Crippen LogP contribution is -2.49. The third-order valence-electron chi connectivity index (χ3n) is 29.0. The van der Waals surface area contributed by atoms with E-state index in [9.17, 15) is 32.8 Å². The third kappa shape index (κ3) is 22.6. The van der Waals surface area contributed by atoms with Crippen LogP contribution in [0.1, 0.15) is 189 Å². The highest BCUT2D eigenvalue weighted by Gasteiger charge is 2.59. The zero-order chi connectivity index (χ0) is 95.8. The van der Waals surface area contributed by atoms with Gasteiger partial charge < -0.3 is 95.1 Å². The van der Waals surface area contributed by atoms with Gasteiger partial charge in [-0.1, -0.05) is 32.4 Å². The Labute approximate surface area is 792 Å². The SMILES string of the molecule is C=CC(=O)N1C[C@H](Nc2ncnc3[nH]cc(C4CC4(F)F)c23)CC[C@@H]1C.C=CC(=O)N1C[C@H](Nc2ncnc3[nH]cc(C4CC4COC)c23)CC[C@@H]1C.C=CC(=O)N1C[C@H](Nc2ncnc3[nH]cc([C@@H]4C[C@H]4COC)c23)CC[C@@H]1C.C=CC(=O)N1C[C@H](Nc2ncnc3[nH]cc([C@H]4C[C@@H]4COC)c23)CC[C@@H]1C.C[C@H]1CC[C@@H](Nc2ncnc3[nH]cc(CC4CC4)c23)CN1C(=O)/C=C/CN(C)C. The summed E-state index contributed by atoms with van der Waals surface area (Å²) < 4.78 is 43.1. The lowest BCUT2D eigenvalue weighted by molar-refractivity contribution is -0.130. The Hall–Kier alpha value is -12.2. The van der Waals surface area contributed by atoms with Crippen LogP contribution in [0.4, 0.5) is 37.9 Å². The average molecular weight is 1870 g/mol. The van der Waals surface area contributed by atoms with E-state index < -0.39 is 11.8 Å². The Balaban J connectivity index is 0.000000123. The minimum atomic E-state index is -2.66. The number of carbonyl (C=O) groups is 5. The maximum atomic E-state index is 13.6. The van der Waals surface area contributed by atoms with Gasteiger partial charge in [-0.2, -0.15) is 0 Å². The Morgan fingerprint density at radius 1 is 0.404 bits per heavy atom. The average Bonchev–Trinajstić information content (AvgIpc) is 1.56. The van der Waals surface area contributed by atoms with Crippen molar-refractivity contribution >= 4 is 114 Å². The van der Waals surface area contributed by atoms with Crippen molar-refractivity contribution in [2.75, 3.05) is 121 Å². The lowest BCUT2D eigenvalue weighted by Gasteiger charge is -2.38. The van der Waals surface area contributed by atoms with Crippen molar-refractivity contribution in [3.8, 4) is 0 Å². The highest BCUT2D eigenvalue weighted by molar-refractivity contribution is 5.96. The molecule has 0 aromatic carbocycles. The van der Waals surface area contributed by atoms with Crippen molar-refractivity contribution < 1.29 is 47.0 Å². The number of nitrogens with one attached hydrogen (secondary N) is 10. The molecule has 10 aromatic rings. The van der Waals surface area contributed by atoms with Gasteiger partial charge in [0.2, 0.25) is 29.5 Å². The first-order chi connectivity index (χ1) is 65.8. The van der Waals surface area contributed by atoms with Crippen LogP contribution in [0.3, 0.4) is 0 Å². The van der Waals surface area contributed by atoms with Gasteiger partial charge in [0.15, 0.2) is 0 Å². The van der Waals surface area contributed by atoms with Crippen LogP contribution < -0.4 is 26.6 Å². The van der Waals surface area contributed by atoms with Crippen molar-refractivity contribution in [2.24, 2.45) is 23.7 Å². The van der Waals surface area contributed by atoms with Crippen LogP contribution in [-0.2, 0) is 44.6 Å². The van der Waals surface area contributed by atoms with Crippen LogP contribution in [-0.4, -0.2) is 295 Å². The van der Waals surface area contributed by atoms with E-state index in [4.69, 9.17) is 14.2 Å². The smallest absolute Gasteiger partial charge is 0.256 e. The number of ether oxygens (including phenoxy) is 3. The number of hydrogen-bond acceptors (Lipinski definition) is 24. The predicted octanol–water partition coefficient (Wildman–Crippen LogP) is 13.9. The molecule has 5 aliphatic carbocycles. The topological polar surface area (TPSA) is 400 Å². The van der Waals surface area contributed by atoms with Gasteiger partial charge in [0.1, 0.15) is 89.0 Å². The number of likely N-dealkylation sites (N-methyl/N-ethyl adjacent to an activating group) is 1. The van der Waals surface area contributed by atoms with Crippen LogP contribution in [0.25, 0.3) is 55.2 Å². The fourth-order valence-electron chi connectivity index (χ4n) is 20.7. The molecule has 20 rings (SSSR count). The molecule has 5 saturated heterocycles. The molecule has 34 nitrogen and oxygen atoms in total. The number of amides is 5. The Kier molecular flexibility index (Phi) is 30.7. The van der Waals surface area contributed by atoms with E-state index in [1.807, 2.05) is 51.6 Å². The molecular formula is C100H134F2N26O8. The Morgan fingerprint density at radius 2 is 0.676 bits per heavy atom. The summed E-state index contributed by atoms with van der Waals surface area (Å²) in [7, 11) is 9.25. The monoisotopic (exact) mass is 1870 g/mol. The van der Waals surface area contributed by atoms with E-state index in [2.05, 4.69) is 180 Å². The zero-order valence-electron chi connectivity index (χ0n) is 80.0. The number of rotatable bonds is 29. The van der Waals surface area contributed by atoms with Gasteiger partial charge in [0.05, 0.1) is 32.8 Å². The minimum Gasteiger partial charge on any atom is -0.384 e. The first-order valence-corrected chi connectivity index (χ1v) is 48.4. The molecule has 17 atom stereocenters. The number of anilines is 5. The first-order valence-electron chi connectivity index (χ1n) is 48.4. The normalized spacial score (nSPS) is 26.5. The molecule has 10 aromatic heterocycles. The van der Waals surface area contributed by atoms with Gasteiger partial charge in [-0.3, -0.25) is 24.0 Å². The highest BCUT2D eigenvalue weighted by Crippen LogP contribution is 2.58. The van der Waals surface area contributed by atoms with Gasteiger partial charge in [0.25, 0.3) is 5.92 Å². The van der Waals surface area contributed by atoms with Crippen molar-refractivity contribution in [3.63, 3.8) is 0 Å². The first kappa shape index (κ1) is 97.0. The van der Waals surface area contributed by atoms with E-state index in [-0.39, 0.29) is 96.4 Å². The molecule has 10 N–H and O–H groups in total. The molecule has 5 amide bonds. The number of aromatic amines is 5. The van der Waals surface area contributed by atoms with Gasteiger partial charge in [0, 0.05) is 184 Å². The predicted molar refractivity (Wildman–Crippen MR) is 524 cm³/mol. The van der Waals surface area contributed by atoms with E-state index in [0.29, 0.717) is 90.6 Å². The zero-order valence-corrected chi connectivity index (χ0v) is 80.0. The van der Waals surface area contributed by atoms with Gasteiger partial charge in [-0.05, 0) is 245 Å². The fraction of sp³-hybridized carbons (Fsp3) is 0.550. The molecule has 136 heavy (non-hydrogen) atoms. The number of methoxy groups -OCH3 is 3. The van der Waals surface area contributed by atoms with Crippen LogP contribution in [0.5, 0.6) is 0 Å². The molecule has 0 spiro atoms. The summed E-state index contributed by atoms with van der Waals surface area (Å²) in [4.78, 5) is 133. The quantitative estimate of drug-likeness (QED) is 0.0195. The van der Waals surface area contributed by atoms with Gasteiger partial charge >= 0.3 is 0 Å². The second-order valence-corrected chi connectivity index (χ2v) is 39.1. The van der Waals surface area contributed by atoms with Crippen LogP contribution in [0.15, 0.2) is 125 Å². The van der Waals surface area contributed by atoms with E-state index >= 15 is 0 Å². The number of likely N-dealkylation sites (tertiary alicyclic amines) is 5. The summed E-state index contributed by atoms with van der Waals surface area (Å²) in [5.41, 5.74) is 9.64. The molecule has 3 unspecified atom stereocenters. The summed E-state index contributed by atoms with van der Waals surface area (Å²) in [6.07, 6.45) is 43.4. The molecule has 0 radical (unpaired) electrons. The molecule has 10 fully saturated rings. The maximum absolute atomic E-state index is 13.6. The van der Waals surface area contributed by atoms with Crippen molar-refractivity contribution in [3.05, 3.63) is 153 Å².